The fraction of sp³-hybridized carbons (Fsp3) is 0.400. The van der Waals surface area contributed by atoms with Gasteiger partial charge in [0.25, 0.3) is 0 Å². The van der Waals surface area contributed by atoms with Gasteiger partial charge in [-0.05, 0) is 30.3 Å². The third kappa shape index (κ3) is 8.61. The van der Waals surface area contributed by atoms with E-state index in [-0.39, 0.29) is 4.91 Å². The Morgan fingerprint density at radius 2 is 1.65 bits per heavy atom. The number of nitrogens with zero attached hydrogens (tertiary/aromatic N) is 1. The summed E-state index contributed by atoms with van der Waals surface area (Å²) < 4.78 is 61.2. The van der Waals surface area contributed by atoms with Crippen LogP contribution in [0.15, 0.2) is 71.9 Å². The van der Waals surface area contributed by atoms with E-state index >= 15 is 0 Å². The first-order chi connectivity index (χ1) is 15.8. The molecule has 5 nitrogen and oxygen atoms in total. The lowest BCUT2D eigenvalue weighted by Gasteiger charge is -2.43. The molecule has 9 heteroatoms. The number of benzene rings is 1. The van der Waals surface area contributed by atoms with Crippen LogP contribution in [0.2, 0.25) is 0 Å². The van der Waals surface area contributed by atoms with Crippen molar-refractivity contribution in [1.82, 2.24) is 4.90 Å². The average molecular weight is 500 g/mol. The average Bonchev–Trinajstić information content (AvgIpc) is 2.79. The van der Waals surface area contributed by atoms with Crippen molar-refractivity contribution in [2.75, 3.05) is 26.4 Å². The van der Waals surface area contributed by atoms with E-state index in [0.29, 0.717) is 11.3 Å². The van der Waals surface area contributed by atoms with Crippen LogP contribution in [0.1, 0.15) is 32.3 Å². The number of piperidine rings is 1. The Morgan fingerprint density at radius 3 is 2.09 bits per heavy atom. The molecule has 2 aliphatic rings. The fourth-order valence-electron chi connectivity index (χ4n) is 3.35. The van der Waals surface area contributed by atoms with E-state index in [0.717, 1.165) is 43.3 Å². The first-order valence-electron chi connectivity index (χ1n) is 10.8. The highest BCUT2D eigenvalue weighted by molar-refractivity contribution is 7.94. The first-order valence-corrected chi connectivity index (χ1v) is 12.6. The second-order valence-corrected chi connectivity index (χ2v) is 9.84. The van der Waals surface area contributed by atoms with Crippen LogP contribution in [-0.2, 0) is 19.4 Å². The second kappa shape index (κ2) is 12.2. The van der Waals surface area contributed by atoms with Crippen LogP contribution in [0.3, 0.4) is 0 Å². The highest BCUT2D eigenvalue weighted by atomic mass is 32.2. The Morgan fingerprint density at radius 1 is 1.15 bits per heavy atom. The van der Waals surface area contributed by atoms with Crippen LogP contribution in [0.4, 0.5) is 13.2 Å². The highest BCUT2D eigenvalue weighted by Crippen LogP contribution is 2.43. The summed E-state index contributed by atoms with van der Waals surface area (Å²) in [5.74, 6) is 0.501. The number of alkyl halides is 3. The molecule has 1 spiro atoms. The highest BCUT2D eigenvalue weighted by Gasteiger charge is 2.39. The third-order valence-corrected chi connectivity index (χ3v) is 6.23. The molecular formula is C25H32F3NO4S. The van der Waals surface area contributed by atoms with E-state index in [1.807, 2.05) is 44.2 Å². The molecule has 34 heavy (non-hydrogen) atoms. The van der Waals surface area contributed by atoms with Gasteiger partial charge in [0.05, 0.1) is 4.91 Å². The van der Waals surface area contributed by atoms with Crippen molar-refractivity contribution < 1.29 is 31.1 Å². The summed E-state index contributed by atoms with van der Waals surface area (Å²) in [6, 6.07) is 9.94. The van der Waals surface area contributed by atoms with Crippen molar-refractivity contribution in [3.63, 3.8) is 0 Å². The summed E-state index contributed by atoms with van der Waals surface area (Å²) in [5.41, 5.74) is 2.26. The Labute approximate surface area is 200 Å². The maximum atomic E-state index is 11.8. The molecule has 0 amide bonds. The zero-order valence-corrected chi connectivity index (χ0v) is 20.8. The molecule has 0 N–H and O–H groups in total. The van der Waals surface area contributed by atoms with Crippen molar-refractivity contribution >= 4 is 21.7 Å². The molecule has 188 valence electrons. The number of likely N-dealkylation sites (tertiary alicyclic amines) is 1. The van der Waals surface area contributed by atoms with Gasteiger partial charge in [0, 0.05) is 37.8 Å². The van der Waals surface area contributed by atoms with Gasteiger partial charge in [-0.15, -0.1) is 0 Å². The SMILES string of the molecule is C=C1OC2(C=C(c3ccccc3)/C1=C/C(=C)S(C)(=O)=O)CCN(C)CC2.CC.O=CC(F)(F)F. The predicted octanol–water partition coefficient (Wildman–Crippen LogP) is 5.34. The van der Waals surface area contributed by atoms with Gasteiger partial charge in [0.1, 0.15) is 11.4 Å². The van der Waals surface area contributed by atoms with Crippen molar-refractivity contribution in [3.05, 3.63) is 77.4 Å². The smallest absolute Gasteiger partial charge is 0.446 e. The number of carbonyl (C=O) groups is 1. The van der Waals surface area contributed by atoms with Crippen LogP contribution in [0.5, 0.6) is 0 Å². The summed E-state index contributed by atoms with van der Waals surface area (Å²) in [4.78, 5) is 11.0. The maximum Gasteiger partial charge on any atom is 0.446 e. The number of halogens is 3. The largest absolute Gasteiger partial charge is 0.483 e. The molecule has 2 heterocycles. The van der Waals surface area contributed by atoms with E-state index in [4.69, 9.17) is 9.53 Å². The maximum absolute atomic E-state index is 11.8. The molecule has 1 fully saturated rings. The summed E-state index contributed by atoms with van der Waals surface area (Å²) in [6.07, 6.45) is 0.915. The second-order valence-electron chi connectivity index (χ2n) is 7.77. The van der Waals surface area contributed by atoms with Gasteiger partial charge >= 0.3 is 6.18 Å². The molecule has 0 bridgehead atoms. The van der Waals surface area contributed by atoms with E-state index in [2.05, 4.69) is 31.2 Å². The van der Waals surface area contributed by atoms with Crippen LogP contribution >= 0.6 is 0 Å². The molecule has 0 saturated carbocycles. The number of allylic oxidation sites excluding steroid dienone is 2. The van der Waals surface area contributed by atoms with Gasteiger partial charge < -0.3 is 9.64 Å². The quantitative estimate of drug-likeness (QED) is 0.526. The van der Waals surface area contributed by atoms with Crippen molar-refractivity contribution in [1.29, 1.82) is 0 Å². The summed E-state index contributed by atoms with van der Waals surface area (Å²) >= 11 is 0. The first kappa shape index (κ1) is 29.4. The number of aldehydes is 1. The van der Waals surface area contributed by atoms with Gasteiger partial charge in [-0.3, -0.25) is 4.79 Å². The van der Waals surface area contributed by atoms with Crippen molar-refractivity contribution in [2.45, 2.75) is 38.5 Å². The number of hydrogen-bond acceptors (Lipinski definition) is 5. The van der Waals surface area contributed by atoms with Gasteiger partial charge in [0.2, 0.25) is 6.29 Å². The molecule has 0 aromatic heterocycles. The predicted molar refractivity (Wildman–Crippen MR) is 130 cm³/mol. The van der Waals surface area contributed by atoms with Crippen molar-refractivity contribution in [3.8, 4) is 0 Å². The number of rotatable bonds is 3. The molecule has 1 aromatic rings. The summed E-state index contributed by atoms with van der Waals surface area (Å²) in [7, 11) is -1.27. The molecule has 3 rings (SSSR count). The molecule has 0 unspecified atom stereocenters. The zero-order valence-electron chi connectivity index (χ0n) is 20.0. The van der Waals surface area contributed by atoms with Gasteiger partial charge in [-0.1, -0.05) is 57.3 Å². The topological polar surface area (TPSA) is 63.7 Å². The lowest BCUT2D eigenvalue weighted by Crippen LogP contribution is -2.44. The van der Waals surface area contributed by atoms with Crippen LogP contribution < -0.4 is 0 Å². The Kier molecular flexibility index (Phi) is 10.5. The Bertz CT molecular complexity index is 1030. The van der Waals surface area contributed by atoms with E-state index in [1.54, 1.807) is 6.08 Å². The fourth-order valence-corrected chi connectivity index (χ4v) is 3.68. The lowest BCUT2D eigenvalue weighted by molar-refractivity contribution is -0.156. The summed E-state index contributed by atoms with van der Waals surface area (Å²) in [6.45, 7) is 13.7. The van der Waals surface area contributed by atoms with Crippen molar-refractivity contribution in [2.24, 2.45) is 0 Å². The Hall–Kier alpha value is -2.65. The van der Waals surface area contributed by atoms with E-state index in [9.17, 15) is 21.6 Å². The standard InChI is InChI=1S/C21H25NO3S.C2HF3O.C2H6/c1-16(26(4,23)24)14-19-17(2)25-21(10-12-22(3)13-11-21)15-20(19)18-8-6-5-7-9-18;3-2(4,5)1-6;1-2/h5-9,14-15H,1-2,10-13H2,3-4H3;1H;1-2H3/b19-14+;;. The van der Waals surface area contributed by atoms with Crippen LogP contribution in [0.25, 0.3) is 5.57 Å². The molecule has 1 saturated heterocycles. The van der Waals surface area contributed by atoms with E-state index in [1.165, 1.54) is 0 Å². The van der Waals surface area contributed by atoms with Gasteiger partial charge in [0.15, 0.2) is 9.84 Å². The monoisotopic (exact) mass is 499 g/mol. The molecule has 0 radical (unpaired) electrons. The molecular weight excluding hydrogens is 467 g/mol. The van der Waals surface area contributed by atoms with Gasteiger partial charge in [-0.2, -0.15) is 13.2 Å². The zero-order chi connectivity index (χ0) is 26.2. The molecule has 2 aliphatic heterocycles. The van der Waals surface area contributed by atoms with E-state index < -0.39 is 27.9 Å². The minimum absolute atomic E-state index is 0.0541. The summed E-state index contributed by atoms with van der Waals surface area (Å²) in [5, 5.41) is 0. The third-order valence-electron chi connectivity index (χ3n) is 5.16. The molecule has 1 aromatic carbocycles. The lowest BCUT2D eigenvalue weighted by atomic mass is 9.82. The van der Waals surface area contributed by atoms with Crippen LogP contribution in [-0.4, -0.2) is 57.8 Å². The van der Waals surface area contributed by atoms with Gasteiger partial charge in [-0.25, -0.2) is 8.42 Å². The minimum Gasteiger partial charge on any atom is -0.483 e. The molecule has 0 atom stereocenters. The number of ether oxygens (including phenoxy) is 1. The number of hydrogen-bond donors (Lipinski definition) is 0. The Balaban J connectivity index is 0.000000631. The number of carbonyl (C=O) groups excluding carboxylic acids is 1. The minimum atomic E-state index is -4.64. The van der Waals surface area contributed by atoms with Crippen LogP contribution in [0, 0.1) is 0 Å². The number of sulfone groups is 1. The molecule has 0 aliphatic carbocycles. The normalized spacial score (nSPS) is 19.1.